The molecule has 2 heterocycles. The van der Waals surface area contributed by atoms with Crippen LogP contribution < -0.4 is 19.7 Å². The summed E-state index contributed by atoms with van der Waals surface area (Å²) in [6.45, 7) is 11.1. The Hall–Kier alpha value is -4.63. The Morgan fingerprint density at radius 3 is 2.27 bits per heavy atom. The van der Waals surface area contributed by atoms with Crippen molar-refractivity contribution < 1.29 is 18.0 Å². The van der Waals surface area contributed by atoms with E-state index in [1.165, 1.54) is 12.4 Å². The van der Waals surface area contributed by atoms with E-state index in [4.69, 9.17) is 16.0 Å². The zero-order valence-electron chi connectivity index (χ0n) is 29.0. The molecule has 0 radical (unpaired) electrons. The van der Waals surface area contributed by atoms with Crippen LogP contribution >= 0.6 is 27.5 Å². The molecule has 1 atom stereocenters. The number of rotatable bonds is 9. The molecule has 1 aliphatic rings. The van der Waals surface area contributed by atoms with Crippen LogP contribution in [0.1, 0.15) is 27.2 Å². The second-order valence-corrected chi connectivity index (χ2v) is 18.9. The van der Waals surface area contributed by atoms with Gasteiger partial charge in [-0.25, -0.2) is 18.7 Å². The SMILES string of the molecule is C=C(CBr)C(=O)N1CCN(c2ncnc3c(F)c(-c4c(F)cccc4O[Si](c4ccccc4)(c4ccccc4)C(C)(C)C)c(Cl)cc23)C[C@@H]1CC#N. The number of alkyl halides is 1. The molecule has 1 fully saturated rings. The molecular weight excluding hydrogens is 764 g/mol. The zero-order chi connectivity index (χ0) is 37.2. The van der Waals surface area contributed by atoms with E-state index in [1.807, 2.05) is 65.6 Å². The lowest BCUT2D eigenvalue weighted by Crippen LogP contribution is -2.68. The fourth-order valence-electron chi connectivity index (χ4n) is 7.10. The Labute approximate surface area is 316 Å². The van der Waals surface area contributed by atoms with Gasteiger partial charge >= 0.3 is 8.32 Å². The molecule has 6 rings (SSSR count). The monoisotopic (exact) mass is 799 g/mol. The van der Waals surface area contributed by atoms with Crippen LogP contribution in [-0.4, -0.2) is 60.1 Å². The third kappa shape index (κ3) is 6.71. The van der Waals surface area contributed by atoms with Gasteiger partial charge in [-0.3, -0.25) is 4.79 Å². The maximum absolute atomic E-state index is 17.0. The zero-order valence-corrected chi connectivity index (χ0v) is 32.4. The number of piperazine rings is 1. The van der Waals surface area contributed by atoms with Crippen molar-refractivity contribution in [3.63, 3.8) is 0 Å². The number of amides is 1. The van der Waals surface area contributed by atoms with Gasteiger partial charge in [-0.1, -0.05) is 122 Å². The van der Waals surface area contributed by atoms with Crippen molar-refractivity contribution in [2.24, 2.45) is 0 Å². The first kappa shape index (κ1) is 37.1. The number of benzene rings is 4. The third-order valence-electron chi connectivity index (χ3n) is 9.54. The van der Waals surface area contributed by atoms with Crippen LogP contribution in [0.5, 0.6) is 5.75 Å². The minimum atomic E-state index is -3.26. The molecule has 0 saturated carbocycles. The molecule has 12 heteroatoms. The highest BCUT2D eigenvalue weighted by Crippen LogP contribution is 2.45. The Kier molecular flexibility index (Phi) is 10.8. The fraction of sp³-hybridized carbons (Fsp3) is 0.250. The number of halogens is 4. The number of carbonyl (C=O) groups is 1. The molecular formula is C40H37BrClF2N5O2Si. The molecule has 0 N–H and O–H groups in total. The van der Waals surface area contributed by atoms with Crippen LogP contribution in [0.25, 0.3) is 22.0 Å². The number of aromatic nitrogens is 2. The normalized spacial score (nSPS) is 15.0. The summed E-state index contributed by atoms with van der Waals surface area (Å²) in [5.41, 5.74) is 0.0629. The molecule has 5 aromatic rings. The summed E-state index contributed by atoms with van der Waals surface area (Å²) in [4.78, 5) is 25.4. The summed E-state index contributed by atoms with van der Waals surface area (Å²) in [6, 6.07) is 27.6. The van der Waals surface area contributed by atoms with Crippen LogP contribution in [0.15, 0.2) is 103 Å². The van der Waals surface area contributed by atoms with E-state index < -0.39 is 31.0 Å². The van der Waals surface area contributed by atoms with E-state index in [0.717, 1.165) is 10.4 Å². The molecule has 0 unspecified atom stereocenters. The van der Waals surface area contributed by atoms with Gasteiger partial charge < -0.3 is 14.2 Å². The van der Waals surface area contributed by atoms with E-state index in [1.54, 1.807) is 23.1 Å². The summed E-state index contributed by atoms with van der Waals surface area (Å²) >= 11 is 10.2. The Morgan fingerprint density at radius 1 is 1.02 bits per heavy atom. The van der Waals surface area contributed by atoms with Gasteiger partial charge in [0.2, 0.25) is 5.91 Å². The number of nitrogens with zero attached hydrogens (tertiary/aromatic N) is 5. The largest absolute Gasteiger partial charge is 0.533 e. The average Bonchev–Trinajstić information content (AvgIpc) is 3.14. The van der Waals surface area contributed by atoms with Crippen molar-refractivity contribution in [1.82, 2.24) is 14.9 Å². The fourth-order valence-corrected chi connectivity index (χ4v) is 12.1. The van der Waals surface area contributed by atoms with Gasteiger partial charge in [0.1, 0.15) is 29.2 Å². The number of anilines is 1. The van der Waals surface area contributed by atoms with E-state index in [9.17, 15) is 10.1 Å². The first-order valence-corrected chi connectivity index (χ1v) is 20.2. The highest BCUT2D eigenvalue weighted by atomic mass is 79.9. The van der Waals surface area contributed by atoms with Crippen molar-refractivity contribution in [1.29, 1.82) is 5.26 Å². The second-order valence-electron chi connectivity index (χ2n) is 13.7. The van der Waals surface area contributed by atoms with E-state index in [0.29, 0.717) is 35.2 Å². The lowest BCUT2D eigenvalue weighted by atomic mass is 10.0. The molecule has 266 valence electrons. The van der Waals surface area contributed by atoms with Crippen LogP contribution in [0.3, 0.4) is 0 Å². The molecule has 4 aromatic carbocycles. The second kappa shape index (κ2) is 15.1. The lowest BCUT2D eigenvalue weighted by molar-refractivity contribution is -0.129. The maximum Gasteiger partial charge on any atom is 0.319 e. The number of fused-ring (bicyclic) bond motifs is 1. The first-order valence-electron chi connectivity index (χ1n) is 16.8. The van der Waals surface area contributed by atoms with E-state index >= 15 is 8.78 Å². The minimum Gasteiger partial charge on any atom is -0.533 e. The quantitative estimate of drug-likeness (QED) is 0.0853. The first-order chi connectivity index (χ1) is 24.9. The molecule has 1 aliphatic heterocycles. The number of hydrogen-bond donors (Lipinski definition) is 0. The predicted molar refractivity (Wildman–Crippen MR) is 209 cm³/mol. The van der Waals surface area contributed by atoms with Gasteiger partial charge in [-0.2, -0.15) is 5.26 Å². The average molecular weight is 801 g/mol. The molecule has 1 aromatic heterocycles. The molecule has 0 aliphatic carbocycles. The lowest BCUT2D eigenvalue weighted by Gasteiger charge is -2.43. The van der Waals surface area contributed by atoms with E-state index in [-0.39, 0.29) is 46.3 Å². The van der Waals surface area contributed by atoms with Gasteiger partial charge in [0, 0.05) is 41.5 Å². The van der Waals surface area contributed by atoms with Crippen LogP contribution in [0, 0.1) is 23.0 Å². The van der Waals surface area contributed by atoms with Crippen molar-refractivity contribution in [3.8, 4) is 22.9 Å². The summed E-state index contributed by atoms with van der Waals surface area (Å²) in [7, 11) is -3.26. The maximum atomic E-state index is 17.0. The number of nitriles is 1. The highest BCUT2D eigenvalue weighted by molar-refractivity contribution is 9.09. The minimum absolute atomic E-state index is 0.0468. The van der Waals surface area contributed by atoms with Gasteiger partial charge in [0.15, 0.2) is 5.82 Å². The topological polar surface area (TPSA) is 82.3 Å². The summed E-state index contributed by atoms with van der Waals surface area (Å²) in [5.74, 6) is -1.20. The van der Waals surface area contributed by atoms with Gasteiger partial charge in [-0.05, 0) is 33.6 Å². The summed E-state index contributed by atoms with van der Waals surface area (Å²) in [5, 5.41) is 11.7. The molecule has 1 amide bonds. The Bertz CT molecular complexity index is 2140. The summed E-state index contributed by atoms with van der Waals surface area (Å²) < 4.78 is 40.5. The standard InChI is InChI=1S/C40H37BrClF2N5O2Si/c1-26(23-41)39(50)49-21-20-48(24-27(49)18-19-45)38-30-22-31(42)34(36(44)37(30)46-25-47-38)35-32(43)16-11-17-33(35)51-52(40(2,3)4,28-12-7-5-8-13-28)29-14-9-6-10-15-29/h5-17,22,25,27H,1,18,20-21,23-24H2,2-4H3/t27-/m0/s1. The van der Waals surface area contributed by atoms with Crippen LogP contribution in [0.2, 0.25) is 10.1 Å². The van der Waals surface area contributed by atoms with Gasteiger partial charge in [-0.15, -0.1) is 0 Å². The van der Waals surface area contributed by atoms with Crippen LogP contribution in [-0.2, 0) is 4.79 Å². The van der Waals surface area contributed by atoms with Crippen molar-refractivity contribution >= 4 is 68.8 Å². The molecule has 7 nitrogen and oxygen atoms in total. The van der Waals surface area contributed by atoms with Crippen molar-refractivity contribution in [2.45, 2.75) is 38.3 Å². The van der Waals surface area contributed by atoms with Crippen molar-refractivity contribution in [3.05, 3.63) is 120 Å². The van der Waals surface area contributed by atoms with E-state index in [2.05, 4.69) is 59.3 Å². The molecule has 52 heavy (non-hydrogen) atoms. The van der Waals surface area contributed by atoms with Crippen LogP contribution in [0.4, 0.5) is 14.6 Å². The smallest absolute Gasteiger partial charge is 0.319 e. The third-order valence-corrected chi connectivity index (χ3v) is 15.4. The molecule has 0 spiro atoms. The summed E-state index contributed by atoms with van der Waals surface area (Å²) in [6.07, 6.45) is 1.34. The number of hydrogen-bond acceptors (Lipinski definition) is 6. The molecule has 1 saturated heterocycles. The van der Waals surface area contributed by atoms with Gasteiger partial charge in [0.05, 0.1) is 29.1 Å². The molecule has 0 bridgehead atoms. The Balaban J connectivity index is 1.48. The van der Waals surface area contributed by atoms with Crippen molar-refractivity contribution in [2.75, 3.05) is 29.9 Å². The predicted octanol–water partition coefficient (Wildman–Crippen LogP) is 8.05. The highest BCUT2D eigenvalue weighted by Gasteiger charge is 2.52. The number of carbonyl (C=O) groups excluding carboxylic acids is 1. The van der Waals surface area contributed by atoms with Gasteiger partial charge in [0.25, 0.3) is 0 Å². The Morgan fingerprint density at radius 2 is 1.67 bits per heavy atom.